The van der Waals surface area contributed by atoms with Gasteiger partial charge in [0.1, 0.15) is 5.50 Å². The first kappa shape index (κ1) is 7.98. The van der Waals surface area contributed by atoms with Crippen LogP contribution in [0.15, 0.2) is 0 Å². The van der Waals surface area contributed by atoms with Crippen LogP contribution >= 0.6 is 11.6 Å². The molecule has 3 nitrogen and oxygen atoms in total. The summed E-state index contributed by atoms with van der Waals surface area (Å²) in [5.74, 6) is 0. The van der Waals surface area contributed by atoms with E-state index in [1.807, 2.05) is 4.90 Å². The normalized spacial score (nSPS) is 24.1. The molecule has 0 aromatic heterocycles. The molecule has 10 heavy (non-hydrogen) atoms. The van der Waals surface area contributed by atoms with E-state index < -0.39 is 5.50 Å². The third-order valence-electron chi connectivity index (χ3n) is 1.61. The van der Waals surface area contributed by atoms with E-state index >= 15 is 0 Å². The van der Waals surface area contributed by atoms with Crippen LogP contribution in [0, 0.1) is 0 Å². The van der Waals surface area contributed by atoms with Crippen molar-refractivity contribution in [2.75, 3.05) is 26.2 Å². The SMILES string of the molecule is O=CC(Cl)N1CCNCC1. The number of nitrogens with zero attached hydrogens (tertiary/aromatic N) is 1. The highest BCUT2D eigenvalue weighted by Gasteiger charge is 2.16. The predicted octanol–water partition coefficient (Wildman–Crippen LogP) is -0.345. The lowest BCUT2D eigenvalue weighted by atomic mass is 10.4. The molecule has 0 aliphatic carbocycles. The van der Waals surface area contributed by atoms with Crippen molar-refractivity contribution in [3.05, 3.63) is 0 Å². The molecule has 1 saturated heterocycles. The number of alkyl halides is 1. The Morgan fingerprint density at radius 1 is 1.50 bits per heavy atom. The maximum Gasteiger partial charge on any atom is 0.152 e. The number of carbonyl (C=O) groups is 1. The van der Waals surface area contributed by atoms with Crippen molar-refractivity contribution in [3.8, 4) is 0 Å². The Hall–Kier alpha value is -0.120. The van der Waals surface area contributed by atoms with Crippen molar-refractivity contribution < 1.29 is 4.79 Å². The highest BCUT2D eigenvalue weighted by atomic mass is 35.5. The summed E-state index contributed by atoms with van der Waals surface area (Å²) >= 11 is 5.67. The minimum atomic E-state index is -0.429. The number of halogens is 1. The Labute approximate surface area is 65.3 Å². The Morgan fingerprint density at radius 3 is 2.60 bits per heavy atom. The van der Waals surface area contributed by atoms with E-state index in [9.17, 15) is 4.79 Å². The van der Waals surface area contributed by atoms with E-state index in [2.05, 4.69) is 5.32 Å². The second-order valence-corrected chi connectivity index (χ2v) is 2.74. The molecular weight excluding hydrogens is 152 g/mol. The van der Waals surface area contributed by atoms with Gasteiger partial charge in [-0.25, -0.2) is 0 Å². The van der Waals surface area contributed by atoms with Crippen LogP contribution in [0.3, 0.4) is 0 Å². The Balaban J connectivity index is 2.30. The van der Waals surface area contributed by atoms with Crippen LogP contribution in [0.2, 0.25) is 0 Å². The lowest BCUT2D eigenvalue weighted by Crippen LogP contribution is -2.47. The van der Waals surface area contributed by atoms with Crippen LogP contribution in [-0.4, -0.2) is 42.9 Å². The van der Waals surface area contributed by atoms with Gasteiger partial charge in [-0.15, -0.1) is 0 Å². The monoisotopic (exact) mass is 162 g/mol. The van der Waals surface area contributed by atoms with Gasteiger partial charge in [0, 0.05) is 26.2 Å². The van der Waals surface area contributed by atoms with Crippen LogP contribution in [-0.2, 0) is 4.79 Å². The Kier molecular flexibility index (Phi) is 3.12. The van der Waals surface area contributed by atoms with Crippen molar-refractivity contribution >= 4 is 17.9 Å². The minimum absolute atomic E-state index is 0.429. The smallest absolute Gasteiger partial charge is 0.152 e. The molecule has 0 aromatic rings. The third kappa shape index (κ3) is 1.94. The van der Waals surface area contributed by atoms with Gasteiger partial charge in [0.25, 0.3) is 0 Å². The summed E-state index contributed by atoms with van der Waals surface area (Å²) in [6.07, 6.45) is 0.771. The number of hydrogen-bond donors (Lipinski definition) is 1. The molecule has 1 unspecified atom stereocenters. The third-order valence-corrected chi connectivity index (χ3v) is 1.99. The van der Waals surface area contributed by atoms with Crippen molar-refractivity contribution in [2.45, 2.75) is 5.50 Å². The van der Waals surface area contributed by atoms with Crippen molar-refractivity contribution in [3.63, 3.8) is 0 Å². The average molecular weight is 163 g/mol. The number of piperazine rings is 1. The number of aldehydes is 1. The lowest BCUT2D eigenvalue weighted by Gasteiger charge is -2.28. The Morgan fingerprint density at radius 2 is 2.10 bits per heavy atom. The van der Waals surface area contributed by atoms with Crippen LogP contribution in [0.1, 0.15) is 0 Å². The summed E-state index contributed by atoms with van der Waals surface area (Å²) in [5.41, 5.74) is -0.429. The van der Waals surface area contributed by atoms with Crippen LogP contribution in [0.25, 0.3) is 0 Å². The van der Waals surface area contributed by atoms with E-state index in [4.69, 9.17) is 11.6 Å². The van der Waals surface area contributed by atoms with Crippen molar-refractivity contribution in [1.29, 1.82) is 0 Å². The van der Waals surface area contributed by atoms with Gasteiger partial charge in [-0.3, -0.25) is 4.90 Å². The van der Waals surface area contributed by atoms with Crippen LogP contribution in [0.5, 0.6) is 0 Å². The molecule has 1 N–H and O–H groups in total. The Bertz CT molecular complexity index is 114. The molecule has 0 saturated carbocycles. The maximum absolute atomic E-state index is 10.2. The van der Waals surface area contributed by atoms with Gasteiger partial charge in [0.05, 0.1) is 0 Å². The van der Waals surface area contributed by atoms with Gasteiger partial charge in [0.2, 0.25) is 0 Å². The number of hydrogen-bond acceptors (Lipinski definition) is 3. The number of carbonyl (C=O) groups excluding carboxylic acids is 1. The summed E-state index contributed by atoms with van der Waals surface area (Å²) in [4.78, 5) is 12.2. The van der Waals surface area contributed by atoms with Crippen LogP contribution in [0.4, 0.5) is 0 Å². The largest absolute Gasteiger partial charge is 0.314 e. The molecule has 0 spiro atoms. The zero-order valence-corrected chi connectivity index (χ0v) is 6.47. The standard InChI is InChI=1S/C6H11ClN2O/c7-6(5-10)9-3-1-8-2-4-9/h5-6,8H,1-4H2. The molecule has 1 rings (SSSR count). The molecule has 1 atom stereocenters. The van der Waals surface area contributed by atoms with Gasteiger partial charge < -0.3 is 10.1 Å². The van der Waals surface area contributed by atoms with E-state index in [0.29, 0.717) is 0 Å². The minimum Gasteiger partial charge on any atom is -0.314 e. The van der Waals surface area contributed by atoms with E-state index in [0.717, 1.165) is 32.5 Å². The molecule has 1 heterocycles. The summed E-state index contributed by atoms with van der Waals surface area (Å²) in [6.45, 7) is 3.59. The van der Waals surface area contributed by atoms with Gasteiger partial charge >= 0.3 is 0 Å². The summed E-state index contributed by atoms with van der Waals surface area (Å²) in [6, 6.07) is 0. The van der Waals surface area contributed by atoms with Gasteiger partial charge in [-0.05, 0) is 0 Å². The number of rotatable bonds is 2. The highest BCUT2D eigenvalue weighted by Crippen LogP contribution is 2.02. The average Bonchev–Trinajstić information content (AvgIpc) is 2.05. The fourth-order valence-corrected chi connectivity index (χ4v) is 1.21. The molecule has 1 aliphatic heterocycles. The molecule has 1 fully saturated rings. The lowest BCUT2D eigenvalue weighted by molar-refractivity contribution is -0.110. The zero-order chi connectivity index (χ0) is 7.40. The molecule has 4 heteroatoms. The second kappa shape index (κ2) is 3.91. The first-order valence-electron chi connectivity index (χ1n) is 3.39. The van der Waals surface area contributed by atoms with E-state index in [1.165, 1.54) is 0 Å². The van der Waals surface area contributed by atoms with E-state index in [-0.39, 0.29) is 0 Å². The topological polar surface area (TPSA) is 32.3 Å². The fourth-order valence-electron chi connectivity index (χ4n) is 1.01. The summed E-state index contributed by atoms with van der Waals surface area (Å²) in [7, 11) is 0. The van der Waals surface area contributed by atoms with Crippen molar-refractivity contribution in [1.82, 2.24) is 10.2 Å². The second-order valence-electron chi connectivity index (χ2n) is 2.29. The quantitative estimate of drug-likeness (QED) is 0.343. The highest BCUT2D eigenvalue weighted by molar-refractivity contribution is 6.27. The first-order chi connectivity index (χ1) is 4.84. The molecule has 0 amide bonds. The molecular formula is C6H11ClN2O. The molecule has 0 radical (unpaired) electrons. The predicted molar refractivity (Wildman–Crippen MR) is 40.1 cm³/mol. The zero-order valence-electron chi connectivity index (χ0n) is 5.72. The summed E-state index contributed by atoms with van der Waals surface area (Å²) in [5, 5.41) is 3.18. The van der Waals surface area contributed by atoms with Crippen molar-refractivity contribution in [2.24, 2.45) is 0 Å². The van der Waals surface area contributed by atoms with Gasteiger partial charge in [-0.1, -0.05) is 11.6 Å². The molecule has 0 bridgehead atoms. The van der Waals surface area contributed by atoms with Gasteiger partial charge in [0.15, 0.2) is 6.29 Å². The first-order valence-corrected chi connectivity index (χ1v) is 3.82. The fraction of sp³-hybridized carbons (Fsp3) is 0.833. The molecule has 58 valence electrons. The molecule has 1 aliphatic rings. The number of nitrogens with one attached hydrogen (secondary N) is 1. The van der Waals surface area contributed by atoms with E-state index in [1.54, 1.807) is 0 Å². The maximum atomic E-state index is 10.2. The molecule has 0 aromatic carbocycles. The van der Waals surface area contributed by atoms with Crippen LogP contribution < -0.4 is 5.32 Å². The van der Waals surface area contributed by atoms with Gasteiger partial charge in [-0.2, -0.15) is 0 Å². The summed E-state index contributed by atoms with van der Waals surface area (Å²) < 4.78 is 0.